The van der Waals surface area contributed by atoms with E-state index in [1.54, 1.807) is 12.1 Å². The number of hydrogen-bond acceptors (Lipinski definition) is 7. The van der Waals surface area contributed by atoms with Crippen molar-refractivity contribution in [3.8, 4) is 5.75 Å². The molecule has 0 unspecified atom stereocenters. The molecule has 35 heavy (non-hydrogen) atoms. The van der Waals surface area contributed by atoms with Crippen molar-refractivity contribution in [2.75, 3.05) is 23.9 Å². The number of rotatable bonds is 3. The first kappa shape index (κ1) is 22.0. The molecule has 3 fully saturated rings. The summed E-state index contributed by atoms with van der Waals surface area (Å²) in [5, 5.41) is 14.8. The van der Waals surface area contributed by atoms with E-state index in [0.717, 1.165) is 16.9 Å². The summed E-state index contributed by atoms with van der Waals surface area (Å²) >= 11 is 6.40. The largest absolute Gasteiger partial charge is 0.495 e. The van der Waals surface area contributed by atoms with E-state index < -0.39 is 34.1 Å². The van der Waals surface area contributed by atoms with Crippen LogP contribution in [0.3, 0.4) is 0 Å². The molecule has 6 rings (SSSR count). The molecule has 4 atom stereocenters. The lowest BCUT2D eigenvalue weighted by Gasteiger charge is -2.36. The average molecular weight is 497 g/mol. The molecule has 0 aliphatic carbocycles. The molecule has 1 spiro atoms. The van der Waals surface area contributed by atoms with Crippen LogP contribution in [0, 0.1) is 28.9 Å². The maximum Gasteiger partial charge on any atom is 0.271 e. The third kappa shape index (κ3) is 2.61. The summed E-state index contributed by atoms with van der Waals surface area (Å²) in [7, 11) is 1.36. The number of methoxy groups -OCH3 is 1. The highest BCUT2D eigenvalue weighted by Crippen LogP contribution is 2.61. The standard InChI is InChI=1S/C24H21ClN4O6/c1-11-8-12(25)9-14-20(11)26-23(32)24(14)19-18(15-4-3-7-27(15)24)21(30)28(22(19)31)16-10-13(29(33)34)5-6-17(16)35-2/h5-6,8-10,15,18-19H,3-4,7H2,1-2H3,(H,26,32)/t15-,18+,19+,24+/m0/s1. The predicted octanol–water partition coefficient (Wildman–Crippen LogP) is 3.00. The van der Waals surface area contributed by atoms with Gasteiger partial charge in [-0.2, -0.15) is 0 Å². The fourth-order valence-corrected chi connectivity index (χ4v) is 6.91. The summed E-state index contributed by atoms with van der Waals surface area (Å²) in [6.45, 7) is 2.40. The summed E-state index contributed by atoms with van der Waals surface area (Å²) in [5.74, 6) is -3.02. The normalized spacial score (nSPS) is 28.9. The molecule has 3 saturated heterocycles. The van der Waals surface area contributed by atoms with Crippen molar-refractivity contribution in [3.05, 3.63) is 56.6 Å². The maximum absolute atomic E-state index is 14.1. The number of hydrogen-bond donors (Lipinski definition) is 1. The molecule has 10 nitrogen and oxygen atoms in total. The van der Waals surface area contributed by atoms with E-state index in [-0.39, 0.29) is 29.1 Å². The number of halogens is 1. The monoisotopic (exact) mass is 496 g/mol. The summed E-state index contributed by atoms with van der Waals surface area (Å²) in [6.07, 6.45) is 1.43. The highest BCUT2D eigenvalue weighted by Gasteiger charge is 2.75. The lowest BCUT2D eigenvalue weighted by atomic mass is 9.75. The molecule has 0 bridgehead atoms. The highest BCUT2D eigenvalue weighted by atomic mass is 35.5. The Morgan fingerprint density at radius 2 is 1.97 bits per heavy atom. The lowest BCUT2D eigenvalue weighted by Crippen LogP contribution is -2.54. The number of carbonyl (C=O) groups excluding carboxylic acids is 3. The van der Waals surface area contributed by atoms with E-state index >= 15 is 0 Å². The number of nitro groups is 1. The van der Waals surface area contributed by atoms with Gasteiger partial charge in [0.2, 0.25) is 17.7 Å². The van der Waals surface area contributed by atoms with Gasteiger partial charge in [-0.25, -0.2) is 4.90 Å². The molecule has 11 heteroatoms. The Bertz CT molecular complexity index is 1360. The number of nitro benzene ring substituents is 1. The van der Waals surface area contributed by atoms with Crippen LogP contribution >= 0.6 is 11.6 Å². The maximum atomic E-state index is 14.1. The second-order valence-electron chi connectivity index (χ2n) is 9.40. The smallest absolute Gasteiger partial charge is 0.271 e. The number of anilines is 2. The molecule has 0 radical (unpaired) electrons. The number of fused-ring (bicyclic) bond motifs is 7. The van der Waals surface area contributed by atoms with E-state index in [0.29, 0.717) is 29.2 Å². The van der Waals surface area contributed by atoms with Gasteiger partial charge in [-0.15, -0.1) is 0 Å². The van der Waals surface area contributed by atoms with Gasteiger partial charge in [-0.3, -0.25) is 29.4 Å². The number of amides is 3. The summed E-state index contributed by atoms with van der Waals surface area (Å²) in [4.78, 5) is 55.6. The van der Waals surface area contributed by atoms with Crippen molar-refractivity contribution in [2.24, 2.45) is 11.8 Å². The van der Waals surface area contributed by atoms with E-state index in [1.807, 2.05) is 11.8 Å². The molecule has 2 aromatic rings. The van der Waals surface area contributed by atoms with Crippen LogP contribution in [0.2, 0.25) is 5.02 Å². The third-order valence-corrected chi connectivity index (χ3v) is 8.10. The first-order valence-corrected chi connectivity index (χ1v) is 11.7. The number of carbonyl (C=O) groups is 3. The SMILES string of the molecule is COc1ccc([N+](=O)[O-])cc1N1C(=O)[C@@H]2[C@@H]3CCCN3[C@@]3(C(=O)Nc4c(C)cc(Cl)cc43)[C@H]2C1=O. The van der Waals surface area contributed by atoms with Crippen LogP contribution in [-0.2, 0) is 19.9 Å². The van der Waals surface area contributed by atoms with E-state index in [1.165, 1.54) is 25.3 Å². The summed E-state index contributed by atoms with van der Waals surface area (Å²) in [5.41, 5.74) is 0.324. The van der Waals surface area contributed by atoms with Gasteiger partial charge in [-0.05, 0) is 50.1 Å². The zero-order valence-electron chi connectivity index (χ0n) is 18.9. The minimum Gasteiger partial charge on any atom is -0.495 e. The molecule has 180 valence electrons. The Kier molecular flexibility index (Phi) is 4.56. The Balaban J connectivity index is 1.57. The zero-order chi connectivity index (χ0) is 24.8. The second-order valence-corrected chi connectivity index (χ2v) is 9.83. The number of aryl methyl sites for hydroxylation is 1. The van der Waals surface area contributed by atoms with Crippen molar-refractivity contribution in [2.45, 2.75) is 31.3 Å². The summed E-state index contributed by atoms with van der Waals surface area (Å²) in [6, 6.07) is 6.91. The van der Waals surface area contributed by atoms with Crippen LogP contribution in [0.4, 0.5) is 17.1 Å². The van der Waals surface area contributed by atoms with Gasteiger partial charge in [0, 0.05) is 34.4 Å². The molecule has 3 amide bonds. The number of benzene rings is 2. The second kappa shape index (κ2) is 7.25. The first-order valence-electron chi connectivity index (χ1n) is 11.3. The molecule has 4 aliphatic heterocycles. The van der Waals surface area contributed by atoms with Crippen molar-refractivity contribution < 1.29 is 24.0 Å². The minimum atomic E-state index is -1.38. The molecule has 4 heterocycles. The van der Waals surface area contributed by atoms with Gasteiger partial charge < -0.3 is 10.1 Å². The molecule has 4 aliphatic rings. The molecular formula is C24H21ClN4O6. The van der Waals surface area contributed by atoms with Crippen LogP contribution in [0.5, 0.6) is 5.75 Å². The fourth-order valence-electron chi connectivity index (χ4n) is 6.64. The van der Waals surface area contributed by atoms with Crippen molar-refractivity contribution in [1.29, 1.82) is 0 Å². The third-order valence-electron chi connectivity index (χ3n) is 7.88. The topological polar surface area (TPSA) is 122 Å². The van der Waals surface area contributed by atoms with E-state index in [9.17, 15) is 24.5 Å². The number of nitrogens with zero attached hydrogens (tertiary/aromatic N) is 3. The van der Waals surface area contributed by atoms with Crippen LogP contribution in [0.25, 0.3) is 0 Å². The number of non-ortho nitro benzene ring substituents is 1. The number of ether oxygens (including phenoxy) is 1. The molecule has 0 saturated carbocycles. The Labute approximate surface area is 204 Å². The van der Waals surface area contributed by atoms with Crippen LogP contribution in [-0.4, -0.2) is 47.2 Å². The molecule has 1 N–H and O–H groups in total. The van der Waals surface area contributed by atoms with E-state index in [2.05, 4.69) is 5.32 Å². The van der Waals surface area contributed by atoms with Crippen LogP contribution < -0.4 is 15.0 Å². The fraction of sp³-hybridized carbons (Fsp3) is 0.375. The van der Waals surface area contributed by atoms with Crippen molar-refractivity contribution >= 4 is 46.4 Å². The Hall–Kier alpha value is -3.50. The zero-order valence-corrected chi connectivity index (χ0v) is 19.7. The van der Waals surface area contributed by atoms with Gasteiger partial charge >= 0.3 is 0 Å². The molecule has 2 aromatic carbocycles. The molecular weight excluding hydrogens is 476 g/mol. The number of nitrogens with one attached hydrogen (secondary N) is 1. The van der Waals surface area contributed by atoms with Crippen molar-refractivity contribution in [1.82, 2.24) is 4.90 Å². The van der Waals surface area contributed by atoms with Gasteiger partial charge in [0.15, 0.2) is 0 Å². The first-order chi connectivity index (χ1) is 16.7. The predicted molar refractivity (Wildman–Crippen MR) is 125 cm³/mol. The van der Waals surface area contributed by atoms with Gasteiger partial charge in [0.25, 0.3) is 5.69 Å². The lowest BCUT2D eigenvalue weighted by molar-refractivity contribution is -0.384. The Morgan fingerprint density at radius 1 is 1.20 bits per heavy atom. The van der Waals surface area contributed by atoms with Crippen molar-refractivity contribution in [3.63, 3.8) is 0 Å². The average Bonchev–Trinajstić information content (AvgIpc) is 3.52. The van der Waals surface area contributed by atoms with Gasteiger partial charge in [0.05, 0.1) is 23.9 Å². The summed E-state index contributed by atoms with van der Waals surface area (Å²) < 4.78 is 5.35. The quantitative estimate of drug-likeness (QED) is 0.393. The number of imide groups is 1. The highest BCUT2D eigenvalue weighted by molar-refractivity contribution is 6.31. The van der Waals surface area contributed by atoms with Crippen LogP contribution in [0.15, 0.2) is 30.3 Å². The van der Waals surface area contributed by atoms with Gasteiger partial charge in [-0.1, -0.05) is 11.6 Å². The Morgan fingerprint density at radius 3 is 2.69 bits per heavy atom. The van der Waals surface area contributed by atoms with Crippen LogP contribution in [0.1, 0.15) is 24.0 Å². The van der Waals surface area contributed by atoms with Gasteiger partial charge in [0.1, 0.15) is 17.0 Å². The molecule has 0 aromatic heterocycles. The van der Waals surface area contributed by atoms with E-state index in [4.69, 9.17) is 16.3 Å². The minimum absolute atomic E-state index is 0.00620.